The Bertz CT molecular complexity index is 1260. The van der Waals surface area contributed by atoms with Gasteiger partial charge in [0.2, 0.25) is 29.5 Å². The van der Waals surface area contributed by atoms with Crippen LogP contribution >= 0.6 is 27.7 Å². The van der Waals surface area contributed by atoms with Crippen molar-refractivity contribution in [2.24, 2.45) is 5.73 Å². The summed E-state index contributed by atoms with van der Waals surface area (Å²) >= 11 is 4.73. The lowest BCUT2D eigenvalue weighted by atomic mass is 10.0. The Morgan fingerprint density at radius 2 is 1.62 bits per heavy atom. The van der Waals surface area contributed by atoms with Gasteiger partial charge < -0.3 is 37.1 Å². The SMILES string of the molecule is CSCC[C@H](NC(=O)[C@@H](Cc1cnc[nH]1)NC(C)=O)C(=O)N[C@@H](CC(=O)O)C(=O)N[C@@H](Cc1cccc(Br)c1)C(N)=O. The van der Waals surface area contributed by atoms with Crippen LogP contribution in [0.2, 0.25) is 0 Å². The Labute approximate surface area is 254 Å². The molecule has 16 heteroatoms. The fourth-order valence-electron chi connectivity index (χ4n) is 3.90. The zero-order chi connectivity index (χ0) is 31.2. The van der Waals surface area contributed by atoms with E-state index in [0.29, 0.717) is 17.0 Å². The van der Waals surface area contributed by atoms with Crippen LogP contribution in [0.5, 0.6) is 0 Å². The molecule has 2 rings (SSSR count). The molecule has 0 spiro atoms. The van der Waals surface area contributed by atoms with Gasteiger partial charge in [-0.3, -0.25) is 28.8 Å². The van der Waals surface area contributed by atoms with E-state index in [2.05, 4.69) is 47.2 Å². The van der Waals surface area contributed by atoms with E-state index < -0.39 is 66.1 Å². The van der Waals surface area contributed by atoms with Crippen molar-refractivity contribution in [2.75, 3.05) is 12.0 Å². The van der Waals surface area contributed by atoms with Crippen LogP contribution in [0, 0.1) is 0 Å². The Balaban J connectivity index is 2.19. The van der Waals surface area contributed by atoms with Crippen molar-refractivity contribution in [3.8, 4) is 0 Å². The molecule has 1 aromatic carbocycles. The predicted octanol–water partition coefficient (Wildman–Crippen LogP) is -0.370. The third-order valence-electron chi connectivity index (χ3n) is 5.92. The molecule has 1 heterocycles. The monoisotopic (exact) mass is 667 g/mol. The maximum absolute atomic E-state index is 13.3. The number of hydrogen-bond acceptors (Lipinski definition) is 8. The Morgan fingerprint density at radius 3 is 2.19 bits per heavy atom. The summed E-state index contributed by atoms with van der Waals surface area (Å²) in [7, 11) is 0. The van der Waals surface area contributed by atoms with Gasteiger partial charge in [0, 0.05) is 36.1 Å². The summed E-state index contributed by atoms with van der Waals surface area (Å²) in [6, 6.07) is 2.00. The minimum Gasteiger partial charge on any atom is -0.481 e. The number of carboxylic acid groups (broad SMARTS) is 1. The van der Waals surface area contributed by atoms with Gasteiger partial charge in [0.25, 0.3) is 0 Å². The van der Waals surface area contributed by atoms with Gasteiger partial charge in [-0.15, -0.1) is 0 Å². The Kier molecular flexibility index (Phi) is 14.0. The molecular weight excluding hydrogens is 634 g/mol. The smallest absolute Gasteiger partial charge is 0.305 e. The number of hydrogen-bond donors (Lipinski definition) is 7. The highest BCUT2D eigenvalue weighted by Crippen LogP contribution is 2.13. The van der Waals surface area contributed by atoms with Gasteiger partial charge in [0.15, 0.2) is 0 Å². The van der Waals surface area contributed by atoms with E-state index in [4.69, 9.17) is 5.73 Å². The summed E-state index contributed by atoms with van der Waals surface area (Å²) in [5, 5.41) is 19.4. The standard InChI is InChI=1S/C26H34BrN7O7S/c1-14(35)31-20(10-17-12-29-13-30-17)25(40)32-18(6-7-42-2)24(39)34-21(11-22(36)37)26(41)33-19(23(28)38)9-15-4-3-5-16(27)8-15/h3-5,8,12-13,18-21H,6-7,9-11H2,1-2H3,(H2,28,38)(H,29,30)(H,31,35)(H,32,40)(H,33,41)(H,34,39)(H,36,37)/t18-,19-,20+,21-/m0/s1. The van der Waals surface area contributed by atoms with Crippen molar-refractivity contribution >= 4 is 63.2 Å². The topological polar surface area (TPSA) is 225 Å². The fraction of sp³-hybridized carbons (Fsp3) is 0.423. The zero-order valence-corrected chi connectivity index (χ0v) is 25.4. The average Bonchev–Trinajstić information content (AvgIpc) is 3.42. The third-order valence-corrected chi connectivity index (χ3v) is 7.05. The molecule has 8 N–H and O–H groups in total. The maximum atomic E-state index is 13.3. The van der Waals surface area contributed by atoms with Crippen LogP contribution in [0.1, 0.15) is 31.0 Å². The molecule has 0 radical (unpaired) electrons. The number of aromatic nitrogens is 2. The van der Waals surface area contributed by atoms with E-state index in [1.165, 1.54) is 31.2 Å². The van der Waals surface area contributed by atoms with Crippen molar-refractivity contribution in [1.29, 1.82) is 0 Å². The van der Waals surface area contributed by atoms with Crippen molar-refractivity contribution in [3.05, 3.63) is 52.5 Å². The molecule has 228 valence electrons. The number of H-pyrrole nitrogens is 1. The van der Waals surface area contributed by atoms with Gasteiger partial charge in [-0.25, -0.2) is 4.98 Å². The number of carbonyl (C=O) groups excluding carboxylic acids is 5. The average molecular weight is 669 g/mol. The lowest BCUT2D eigenvalue weighted by molar-refractivity contribution is -0.141. The molecule has 0 saturated heterocycles. The first-order chi connectivity index (χ1) is 19.9. The lowest BCUT2D eigenvalue weighted by Crippen LogP contribution is -2.58. The molecule has 42 heavy (non-hydrogen) atoms. The molecule has 0 aliphatic carbocycles. The van der Waals surface area contributed by atoms with Gasteiger partial charge in [-0.1, -0.05) is 28.1 Å². The second-order valence-electron chi connectivity index (χ2n) is 9.33. The number of carbonyl (C=O) groups is 6. The molecule has 5 amide bonds. The number of halogens is 1. The van der Waals surface area contributed by atoms with Gasteiger partial charge in [-0.05, 0) is 36.1 Å². The first kappa shape index (κ1) is 34.3. The highest BCUT2D eigenvalue weighted by molar-refractivity contribution is 9.10. The molecule has 0 saturated carbocycles. The van der Waals surface area contributed by atoms with Gasteiger partial charge in [0.1, 0.15) is 24.2 Å². The van der Waals surface area contributed by atoms with Crippen molar-refractivity contribution in [2.45, 2.75) is 56.8 Å². The van der Waals surface area contributed by atoms with Crippen LogP contribution in [-0.4, -0.2) is 86.8 Å². The number of nitrogens with two attached hydrogens (primary N) is 1. The second-order valence-corrected chi connectivity index (χ2v) is 11.2. The first-order valence-electron chi connectivity index (χ1n) is 12.8. The minimum absolute atomic E-state index is 0.0293. The molecular formula is C26H34BrN7O7S. The number of amides is 5. The number of rotatable bonds is 17. The molecule has 0 bridgehead atoms. The fourth-order valence-corrected chi connectivity index (χ4v) is 4.82. The number of benzene rings is 1. The van der Waals surface area contributed by atoms with Crippen molar-refractivity contribution < 1.29 is 33.9 Å². The zero-order valence-electron chi connectivity index (χ0n) is 23.0. The summed E-state index contributed by atoms with van der Waals surface area (Å²) in [5.41, 5.74) is 6.73. The maximum Gasteiger partial charge on any atom is 0.305 e. The number of nitrogens with one attached hydrogen (secondary N) is 5. The van der Waals surface area contributed by atoms with Crippen LogP contribution < -0.4 is 27.0 Å². The number of aromatic amines is 1. The second kappa shape index (κ2) is 17.1. The molecule has 2 aromatic rings. The number of nitrogens with zero attached hydrogens (tertiary/aromatic N) is 1. The van der Waals surface area contributed by atoms with Crippen LogP contribution in [0.4, 0.5) is 0 Å². The van der Waals surface area contributed by atoms with Gasteiger partial charge in [0.05, 0.1) is 12.7 Å². The normalized spacial score (nSPS) is 13.6. The molecule has 0 aliphatic heterocycles. The van der Waals surface area contributed by atoms with E-state index in [-0.39, 0.29) is 19.3 Å². The third kappa shape index (κ3) is 11.9. The molecule has 4 atom stereocenters. The van der Waals surface area contributed by atoms with Crippen LogP contribution in [-0.2, 0) is 41.6 Å². The predicted molar refractivity (Wildman–Crippen MR) is 158 cm³/mol. The van der Waals surface area contributed by atoms with Crippen molar-refractivity contribution in [1.82, 2.24) is 31.2 Å². The van der Waals surface area contributed by atoms with Gasteiger partial charge in [-0.2, -0.15) is 11.8 Å². The number of primary amides is 1. The molecule has 0 aliphatic rings. The summed E-state index contributed by atoms with van der Waals surface area (Å²) in [4.78, 5) is 81.6. The highest BCUT2D eigenvalue weighted by Gasteiger charge is 2.32. The van der Waals surface area contributed by atoms with Crippen LogP contribution in [0.3, 0.4) is 0 Å². The molecule has 1 aromatic heterocycles. The first-order valence-corrected chi connectivity index (χ1v) is 15.0. The molecule has 0 fully saturated rings. The van der Waals surface area contributed by atoms with E-state index in [0.717, 1.165) is 4.47 Å². The van der Waals surface area contributed by atoms with E-state index in [1.807, 2.05) is 0 Å². The quantitative estimate of drug-likeness (QED) is 0.117. The molecule has 0 unspecified atom stereocenters. The largest absolute Gasteiger partial charge is 0.481 e. The highest BCUT2D eigenvalue weighted by atomic mass is 79.9. The van der Waals surface area contributed by atoms with Crippen molar-refractivity contribution in [3.63, 3.8) is 0 Å². The lowest BCUT2D eigenvalue weighted by Gasteiger charge is -2.25. The number of carboxylic acids is 1. The van der Waals surface area contributed by atoms with Crippen LogP contribution in [0.25, 0.3) is 0 Å². The van der Waals surface area contributed by atoms with E-state index in [1.54, 1.807) is 30.5 Å². The minimum atomic E-state index is -1.58. The number of thioether (sulfide) groups is 1. The molecule has 14 nitrogen and oxygen atoms in total. The summed E-state index contributed by atoms with van der Waals surface area (Å²) in [5.74, 6) is -4.67. The van der Waals surface area contributed by atoms with Gasteiger partial charge >= 0.3 is 5.97 Å². The summed E-state index contributed by atoms with van der Waals surface area (Å²) < 4.78 is 0.745. The summed E-state index contributed by atoms with van der Waals surface area (Å²) in [6.07, 6.45) is 4.15. The van der Waals surface area contributed by atoms with E-state index in [9.17, 15) is 33.9 Å². The number of aliphatic carboxylic acids is 1. The Morgan fingerprint density at radius 1 is 0.976 bits per heavy atom. The van der Waals surface area contributed by atoms with E-state index >= 15 is 0 Å². The Hall–Kier alpha value is -3.92. The summed E-state index contributed by atoms with van der Waals surface area (Å²) in [6.45, 7) is 1.25. The number of imidazole rings is 1. The van der Waals surface area contributed by atoms with Crippen LogP contribution in [0.15, 0.2) is 41.3 Å².